The van der Waals surface area contributed by atoms with Crippen LogP contribution in [0.2, 0.25) is 0 Å². The third-order valence-electron chi connectivity index (χ3n) is 2.13. The molecule has 0 saturated heterocycles. The topological polar surface area (TPSA) is 84.5 Å². The molecule has 0 spiro atoms. The average molecular weight is 272 g/mol. The normalized spacial score (nSPS) is 11.0. The van der Waals surface area contributed by atoms with Gasteiger partial charge in [0.05, 0.1) is 12.9 Å². The molecular weight excluding hydrogens is 256 g/mol. The first kappa shape index (κ1) is 14.5. The van der Waals surface area contributed by atoms with Crippen LogP contribution < -0.4 is 10.6 Å². The highest BCUT2D eigenvalue weighted by molar-refractivity contribution is 7.85. The lowest BCUT2D eigenvalue weighted by molar-refractivity contribution is 0.254. The second-order valence-corrected chi connectivity index (χ2v) is 5.32. The average Bonchev–Trinajstić information content (AvgIpc) is 2.29. The molecule has 0 aromatic heterocycles. The summed E-state index contributed by atoms with van der Waals surface area (Å²) in [7, 11) is -1.85. The Morgan fingerprint density at radius 1 is 1.28 bits per heavy atom. The number of carbonyl (C=O) groups excluding carboxylic acids is 1. The minimum atomic E-state index is -3.39. The molecule has 0 radical (unpaired) electrons. The van der Waals surface area contributed by atoms with Crippen LogP contribution in [0.4, 0.5) is 10.5 Å². The summed E-state index contributed by atoms with van der Waals surface area (Å²) >= 11 is 0. The van der Waals surface area contributed by atoms with Crippen molar-refractivity contribution in [2.75, 3.05) is 25.2 Å². The fraction of sp³-hybridized carbons (Fsp3) is 0.364. The van der Waals surface area contributed by atoms with Gasteiger partial charge < -0.3 is 10.6 Å². The number of urea groups is 1. The first-order valence-electron chi connectivity index (χ1n) is 5.33. The molecule has 0 saturated carbocycles. The zero-order chi connectivity index (χ0) is 13.6. The van der Waals surface area contributed by atoms with Gasteiger partial charge in [-0.1, -0.05) is 12.1 Å². The maximum Gasteiger partial charge on any atom is 0.318 e. The summed E-state index contributed by atoms with van der Waals surface area (Å²) < 4.78 is 26.1. The summed E-state index contributed by atoms with van der Waals surface area (Å²) in [5.41, 5.74) is 1.60. The summed E-state index contributed by atoms with van der Waals surface area (Å²) in [5.74, 6) is 0. The highest BCUT2D eigenvalue weighted by Crippen LogP contribution is 2.10. The fourth-order valence-corrected chi connectivity index (χ4v) is 1.65. The molecule has 0 fully saturated rings. The Kier molecular flexibility index (Phi) is 5.11. The van der Waals surface area contributed by atoms with Crippen LogP contribution in [0.3, 0.4) is 0 Å². The third kappa shape index (κ3) is 5.65. The monoisotopic (exact) mass is 272 g/mol. The van der Waals surface area contributed by atoms with Crippen LogP contribution in [0.25, 0.3) is 0 Å². The molecule has 6 nitrogen and oxygen atoms in total. The van der Waals surface area contributed by atoms with Crippen LogP contribution in [0.5, 0.6) is 0 Å². The van der Waals surface area contributed by atoms with E-state index >= 15 is 0 Å². The summed E-state index contributed by atoms with van der Waals surface area (Å²) in [5, 5.41) is 5.06. The molecule has 100 valence electrons. The Bertz CT molecular complexity index is 496. The molecule has 2 N–H and O–H groups in total. The molecule has 0 bridgehead atoms. The minimum Gasteiger partial charge on any atom is -0.341 e. The van der Waals surface area contributed by atoms with E-state index in [9.17, 15) is 13.2 Å². The maximum atomic E-state index is 11.0. The number of hydrogen-bond acceptors (Lipinski definition) is 4. The van der Waals surface area contributed by atoms with E-state index in [0.29, 0.717) is 12.1 Å². The molecule has 1 aromatic rings. The number of nitrogens with one attached hydrogen (secondary N) is 2. The Hall–Kier alpha value is -1.60. The first-order chi connectivity index (χ1) is 8.40. The van der Waals surface area contributed by atoms with E-state index in [0.717, 1.165) is 11.8 Å². The van der Waals surface area contributed by atoms with Crippen molar-refractivity contribution in [2.45, 2.75) is 6.42 Å². The molecule has 18 heavy (non-hydrogen) atoms. The number of anilines is 1. The van der Waals surface area contributed by atoms with Crippen LogP contribution in [-0.4, -0.2) is 34.4 Å². The van der Waals surface area contributed by atoms with Gasteiger partial charge in [-0.05, 0) is 24.1 Å². The van der Waals surface area contributed by atoms with Crippen molar-refractivity contribution in [1.29, 1.82) is 0 Å². The van der Waals surface area contributed by atoms with Gasteiger partial charge in [-0.15, -0.1) is 0 Å². The van der Waals surface area contributed by atoms with Crippen LogP contribution in [0.15, 0.2) is 24.3 Å². The Balaban J connectivity index is 2.48. The lowest BCUT2D eigenvalue weighted by atomic mass is 10.1. The van der Waals surface area contributed by atoms with Crippen LogP contribution in [0, 0.1) is 0 Å². The summed E-state index contributed by atoms with van der Waals surface area (Å²) in [6, 6.07) is 6.80. The Morgan fingerprint density at radius 2 is 1.89 bits per heavy atom. The Labute approximate surface area is 106 Å². The summed E-state index contributed by atoms with van der Waals surface area (Å²) in [6.45, 7) is 0.112. The van der Waals surface area contributed by atoms with Crippen molar-refractivity contribution < 1.29 is 17.4 Å². The van der Waals surface area contributed by atoms with Crippen molar-refractivity contribution in [1.82, 2.24) is 5.32 Å². The molecule has 1 rings (SSSR count). The van der Waals surface area contributed by atoms with Gasteiger partial charge in [0, 0.05) is 12.7 Å². The van der Waals surface area contributed by atoms with E-state index < -0.39 is 10.1 Å². The number of amides is 2. The van der Waals surface area contributed by atoms with E-state index in [-0.39, 0.29) is 12.6 Å². The van der Waals surface area contributed by atoms with E-state index in [1.807, 2.05) is 0 Å². The SMILES string of the molecule is CNC(=O)Nc1ccc(CCOS(C)(=O)=O)cc1. The molecule has 2 amide bonds. The third-order valence-corrected chi connectivity index (χ3v) is 2.72. The highest BCUT2D eigenvalue weighted by atomic mass is 32.2. The van der Waals surface area contributed by atoms with Crippen molar-refractivity contribution in [3.05, 3.63) is 29.8 Å². The molecule has 0 aliphatic rings. The van der Waals surface area contributed by atoms with Gasteiger partial charge in [-0.2, -0.15) is 8.42 Å². The number of rotatable bonds is 5. The minimum absolute atomic E-state index is 0.112. The zero-order valence-corrected chi connectivity index (χ0v) is 11.1. The van der Waals surface area contributed by atoms with Gasteiger partial charge in [0.15, 0.2) is 0 Å². The standard InChI is InChI=1S/C11H16N2O4S/c1-12-11(14)13-10-5-3-9(4-6-10)7-8-17-18(2,15)16/h3-6H,7-8H2,1-2H3,(H2,12,13,14). The molecule has 0 aliphatic carbocycles. The number of benzene rings is 1. The smallest absolute Gasteiger partial charge is 0.318 e. The van der Waals surface area contributed by atoms with Gasteiger partial charge in [0.1, 0.15) is 0 Å². The second kappa shape index (κ2) is 6.36. The largest absolute Gasteiger partial charge is 0.341 e. The van der Waals surface area contributed by atoms with Gasteiger partial charge in [-0.25, -0.2) is 4.79 Å². The number of hydrogen-bond donors (Lipinski definition) is 2. The molecule has 0 aliphatic heterocycles. The summed E-state index contributed by atoms with van der Waals surface area (Å²) in [4.78, 5) is 11.0. The molecule has 0 atom stereocenters. The molecular formula is C11H16N2O4S. The van der Waals surface area contributed by atoms with Gasteiger partial charge in [0.2, 0.25) is 0 Å². The number of carbonyl (C=O) groups is 1. The molecule has 1 aromatic carbocycles. The van der Waals surface area contributed by atoms with Crippen molar-refractivity contribution in [2.24, 2.45) is 0 Å². The molecule has 0 unspecified atom stereocenters. The lowest BCUT2D eigenvalue weighted by Gasteiger charge is -2.06. The van der Waals surface area contributed by atoms with E-state index in [4.69, 9.17) is 0 Å². The molecule has 0 heterocycles. The second-order valence-electron chi connectivity index (χ2n) is 3.68. The lowest BCUT2D eigenvalue weighted by Crippen LogP contribution is -2.24. The fourth-order valence-electron chi connectivity index (χ4n) is 1.26. The zero-order valence-electron chi connectivity index (χ0n) is 10.3. The molecule has 7 heteroatoms. The van der Waals surface area contributed by atoms with Crippen LogP contribution in [-0.2, 0) is 20.7 Å². The van der Waals surface area contributed by atoms with Gasteiger partial charge in [0.25, 0.3) is 10.1 Å². The van der Waals surface area contributed by atoms with Crippen LogP contribution >= 0.6 is 0 Å². The summed E-state index contributed by atoms with van der Waals surface area (Å²) in [6.07, 6.45) is 1.51. The van der Waals surface area contributed by atoms with Crippen molar-refractivity contribution in [3.63, 3.8) is 0 Å². The van der Waals surface area contributed by atoms with Crippen LogP contribution in [0.1, 0.15) is 5.56 Å². The van der Waals surface area contributed by atoms with Gasteiger partial charge >= 0.3 is 6.03 Å². The van der Waals surface area contributed by atoms with E-state index in [2.05, 4.69) is 14.8 Å². The van der Waals surface area contributed by atoms with Crippen molar-refractivity contribution in [3.8, 4) is 0 Å². The Morgan fingerprint density at radius 3 is 2.39 bits per heavy atom. The van der Waals surface area contributed by atoms with Gasteiger partial charge in [-0.3, -0.25) is 4.18 Å². The predicted octanol–water partition coefficient (Wildman–Crippen LogP) is 0.957. The maximum absolute atomic E-state index is 11.0. The van der Waals surface area contributed by atoms with E-state index in [1.165, 1.54) is 7.05 Å². The quantitative estimate of drug-likeness (QED) is 0.782. The highest BCUT2D eigenvalue weighted by Gasteiger charge is 2.02. The first-order valence-corrected chi connectivity index (χ1v) is 7.14. The predicted molar refractivity (Wildman–Crippen MR) is 69.0 cm³/mol. The van der Waals surface area contributed by atoms with E-state index in [1.54, 1.807) is 24.3 Å². The van der Waals surface area contributed by atoms with Crippen molar-refractivity contribution >= 4 is 21.8 Å².